The number of quaternary nitrogens is 1. The number of likely N-dealkylation sites (N-methyl/N-ethyl adjacent to an activating group) is 1. The average molecular weight is 951 g/mol. The van der Waals surface area contributed by atoms with E-state index >= 15 is 0 Å². The van der Waals surface area contributed by atoms with Crippen LogP contribution in [0.15, 0.2) is 48.6 Å². The van der Waals surface area contributed by atoms with Crippen molar-refractivity contribution in [2.24, 2.45) is 0 Å². The molecule has 66 heavy (non-hydrogen) atoms. The highest BCUT2D eigenvalue weighted by Gasteiger charge is 2.26. The highest BCUT2D eigenvalue weighted by molar-refractivity contribution is 7.47. The molecular weight excluding hydrogens is 842 g/mol. The van der Waals surface area contributed by atoms with Gasteiger partial charge in [-0.25, -0.2) is 4.57 Å². The van der Waals surface area contributed by atoms with Crippen molar-refractivity contribution in [2.75, 3.05) is 54.1 Å². The Balaban J connectivity index is 4.05. The summed E-state index contributed by atoms with van der Waals surface area (Å²) in [5.41, 5.74) is 0. The number of rotatable bonds is 52. The molecule has 0 aromatic heterocycles. The number of ether oxygens (including phenoxy) is 2. The van der Waals surface area contributed by atoms with Crippen LogP contribution in [0.5, 0.6) is 0 Å². The van der Waals surface area contributed by atoms with E-state index in [0.717, 1.165) is 57.8 Å². The number of allylic oxidation sites excluding steroid dienone is 8. The Hall–Kier alpha value is -1.54. The van der Waals surface area contributed by atoms with Gasteiger partial charge in [0.05, 0.1) is 34.4 Å². The van der Waals surface area contributed by atoms with E-state index in [4.69, 9.17) is 18.5 Å². The lowest BCUT2D eigenvalue weighted by atomic mass is 10.0. The molecule has 0 aromatic carbocycles. The quantitative estimate of drug-likeness (QED) is 0.0213. The SMILES string of the molecule is CC/C=C\C/C=C\C/C=C\C/C=C\CCCCCCCCCCCCCCCOCC(COP(=O)(O)OCC[N+](C)(C)C)OC(=O)CCCCCCCCCCCCCCCCCCCC. The molecule has 0 aromatic rings. The number of esters is 1. The predicted octanol–water partition coefficient (Wildman–Crippen LogP) is 17.5. The number of carbonyl (C=O) groups is 1. The van der Waals surface area contributed by atoms with Gasteiger partial charge in [0.25, 0.3) is 0 Å². The van der Waals surface area contributed by atoms with Crippen LogP contribution in [0.3, 0.4) is 0 Å². The molecule has 0 fully saturated rings. The molecule has 2 atom stereocenters. The minimum atomic E-state index is -4.28. The van der Waals surface area contributed by atoms with Gasteiger partial charge in [-0.2, -0.15) is 0 Å². The summed E-state index contributed by atoms with van der Waals surface area (Å²) in [6, 6.07) is 0. The first-order chi connectivity index (χ1) is 32.1. The van der Waals surface area contributed by atoms with E-state index in [1.54, 1.807) is 0 Å². The smallest absolute Gasteiger partial charge is 0.457 e. The van der Waals surface area contributed by atoms with Crippen molar-refractivity contribution in [3.05, 3.63) is 48.6 Å². The molecule has 0 radical (unpaired) electrons. The molecule has 1 N–H and O–H groups in total. The van der Waals surface area contributed by atoms with Crippen LogP contribution in [0, 0.1) is 0 Å². The van der Waals surface area contributed by atoms with Crippen LogP contribution in [0.4, 0.5) is 0 Å². The fourth-order valence-electron chi connectivity index (χ4n) is 7.90. The maximum absolute atomic E-state index is 12.8. The second kappa shape index (κ2) is 49.9. The van der Waals surface area contributed by atoms with Gasteiger partial charge in [0.1, 0.15) is 19.3 Å². The summed E-state index contributed by atoms with van der Waals surface area (Å²) in [5.74, 6) is -0.309. The first kappa shape index (κ1) is 64.5. The first-order valence-corrected chi connectivity index (χ1v) is 29.4. The average Bonchev–Trinajstić information content (AvgIpc) is 3.28. The number of phosphoric ester groups is 1. The predicted molar refractivity (Wildman–Crippen MR) is 284 cm³/mol. The number of nitrogens with zero attached hydrogens (tertiary/aromatic N) is 1. The topological polar surface area (TPSA) is 91.3 Å². The fourth-order valence-corrected chi connectivity index (χ4v) is 8.64. The lowest BCUT2D eigenvalue weighted by Gasteiger charge is -2.24. The zero-order valence-electron chi connectivity index (χ0n) is 44.2. The number of phosphoric acid groups is 1. The first-order valence-electron chi connectivity index (χ1n) is 27.9. The lowest BCUT2D eigenvalue weighted by Crippen LogP contribution is -2.37. The van der Waals surface area contributed by atoms with Gasteiger partial charge in [-0.15, -0.1) is 0 Å². The zero-order chi connectivity index (χ0) is 48.3. The Morgan fingerprint density at radius 1 is 0.485 bits per heavy atom. The maximum atomic E-state index is 12.8. The lowest BCUT2D eigenvalue weighted by molar-refractivity contribution is -0.870. The molecule has 0 spiro atoms. The van der Waals surface area contributed by atoms with Gasteiger partial charge in [-0.1, -0.05) is 242 Å². The summed E-state index contributed by atoms with van der Waals surface area (Å²) in [6.45, 7) is 5.55. The summed E-state index contributed by atoms with van der Waals surface area (Å²) < 4.78 is 35.2. The van der Waals surface area contributed by atoms with Crippen LogP contribution in [0.2, 0.25) is 0 Å². The Kier molecular flexibility index (Phi) is 48.7. The minimum absolute atomic E-state index is 0.0895. The summed E-state index contributed by atoms with van der Waals surface area (Å²) in [7, 11) is 1.68. The third kappa shape index (κ3) is 53.4. The van der Waals surface area contributed by atoms with Crippen molar-refractivity contribution in [2.45, 2.75) is 258 Å². The van der Waals surface area contributed by atoms with Crippen LogP contribution >= 0.6 is 7.82 Å². The van der Waals surface area contributed by atoms with E-state index in [1.165, 1.54) is 173 Å². The fraction of sp³-hybridized carbons (Fsp3) is 0.842. The van der Waals surface area contributed by atoms with Crippen LogP contribution in [0.1, 0.15) is 251 Å². The van der Waals surface area contributed by atoms with E-state index in [-0.39, 0.29) is 25.8 Å². The molecule has 8 nitrogen and oxygen atoms in total. The van der Waals surface area contributed by atoms with Crippen molar-refractivity contribution in [3.8, 4) is 0 Å². The largest absolute Gasteiger partial charge is 0.472 e. The number of unbranched alkanes of at least 4 members (excludes halogenated alkanes) is 30. The van der Waals surface area contributed by atoms with Gasteiger partial charge in [-0.05, 0) is 51.4 Å². The van der Waals surface area contributed by atoms with Gasteiger partial charge in [0, 0.05) is 13.0 Å². The molecule has 0 heterocycles. The van der Waals surface area contributed by atoms with Crippen LogP contribution in [0.25, 0.3) is 0 Å². The van der Waals surface area contributed by atoms with Gasteiger partial charge in [0.2, 0.25) is 0 Å². The molecule has 0 bridgehead atoms. The maximum Gasteiger partial charge on any atom is 0.472 e. The van der Waals surface area contributed by atoms with E-state index in [0.29, 0.717) is 24.1 Å². The molecule has 0 saturated carbocycles. The molecule has 0 aliphatic heterocycles. The monoisotopic (exact) mass is 951 g/mol. The van der Waals surface area contributed by atoms with E-state index in [2.05, 4.69) is 62.5 Å². The molecular formula is C57H109NO7P+. The van der Waals surface area contributed by atoms with Crippen molar-refractivity contribution in [1.82, 2.24) is 0 Å². The number of hydrogen-bond donors (Lipinski definition) is 1. The van der Waals surface area contributed by atoms with Crippen LogP contribution < -0.4 is 0 Å². The molecule has 0 rings (SSSR count). The van der Waals surface area contributed by atoms with E-state index in [9.17, 15) is 14.3 Å². The molecule has 0 saturated heterocycles. The van der Waals surface area contributed by atoms with Crippen molar-refractivity contribution in [3.63, 3.8) is 0 Å². The molecule has 2 unspecified atom stereocenters. The van der Waals surface area contributed by atoms with Crippen molar-refractivity contribution < 1.29 is 37.3 Å². The van der Waals surface area contributed by atoms with Gasteiger partial charge in [0.15, 0.2) is 0 Å². The molecule has 0 aliphatic carbocycles. The standard InChI is InChI=1S/C57H108NO7P/c1-6-8-10-12-14-16-18-20-22-24-26-27-28-29-30-31-32-33-35-37-39-41-43-45-47-49-52-62-54-56(55-64-66(60,61)63-53-51-58(3,4)5)65-57(59)50-48-46-44-42-40-38-36-34-25-23-21-19-17-15-13-11-9-7-2/h8,10,14,16,20,22,26-27,56H,6-7,9,11-13,15,17-19,21,23-25,28-55H2,1-5H3/p+1/b10-8-,16-14-,22-20-,27-26-. The minimum Gasteiger partial charge on any atom is -0.457 e. The second-order valence-corrected chi connectivity index (χ2v) is 21.4. The molecule has 9 heteroatoms. The molecule has 388 valence electrons. The molecule has 0 aliphatic rings. The van der Waals surface area contributed by atoms with Crippen LogP contribution in [-0.4, -0.2) is 75.6 Å². The van der Waals surface area contributed by atoms with Crippen molar-refractivity contribution >= 4 is 13.8 Å². The third-order valence-electron chi connectivity index (χ3n) is 12.2. The van der Waals surface area contributed by atoms with E-state index in [1.807, 2.05) is 21.1 Å². The number of carbonyl (C=O) groups excluding carboxylic acids is 1. The summed E-state index contributed by atoms with van der Waals surface area (Å²) in [6.07, 6.45) is 63.1. The second-order valence-electron chi connectivity index (χ2n) is 19.9. The highest BCUT2D eigenvalue weighted by Crippen LogP contribution is 2.43. The molecule has 0 amide bonds. The zero-order valence-corrected chi connectivity index (χ0v) is 45.1. The van der Waals surface area contributed by atoms with Gasteiger partial charge < -0.3 is 18.9 Å². The highest BCUT2D eigenvalue weighted by atomic mass is 31.2. The Bertz CT molecular complexity index is 1200. The van der Waals surface area contributed by atoms with Crippen LogP contribution in [-0.2, 0) is 27.9 Å². The summed E-state index contributed by atoms with van der Waals surface area (Å²) in [5, 5.41) is 0. The third-order valence-corrected chi connectivity index (χ3v) is 13.1. The number of hydrogen-bond acceptors (Lipinski definition) is 6. The Labute approximate surface area is 409 Å². The normalized spacial score (nSPS) is 13.8. The summed E-state index contributed by atoms with van der Waals surface area (Å²) >= 11 is 0. The Morgan fingerprint density at radius 2 is 0.879 bits per heavy atom. The Morgan fingerprint density at radius 3 is 1.32 bits per heavy atom. The summed E-state index contributed by atoms with van der Waals surface area (Å²) in [4.78, 5) is 23.0. The van der Waals surface area contributed by atoms with E-state index < -0.39 is 13.9 Å². The van der Waals surface area contributed by atoms with Crippen molar-refractivity contribution in [1.29, 1.82) is 0 Å². The van der Waals surface area contributed by atoms with Gasteiger partial charge >= 0.3 is 13.8 Å². The van der Waals surface area contributed by atoms with Gasteiger partial charge in [-0.3, -0.25) is 13.8 Å².